The van der Waals surface area contributed by atoms with Crippen molar-refractivity contribution in [2.24, 2.45) is 0 Å². The van der Waals surface area contributed by atoms with Crippen molar-refractivity contribution in [3.8, 4) is 0 Å². The minimum atomic E-state index is 0.285. The van der Waals surface area contributed by atoms with E-state index < -0.39 is 0 Å². The monoisotopic (exact) mass is 310 g/mol. The van der Waals surface area contributed by atoms with E-state index in [0.29, 0.717) is 0 Å². The van der Waals surface area contributed by atoms with Gasteiger partial charge in [-0.2, -0.15) is 0 Å². The predicted molar refractivity (Wildman–Crippen MR) is 77.8 cm³/mol. The molecule has 0 aromatic carbocycles. The van der Waals surface area contributed by atoms with Gasteiger partial charge in [-0.1, -0.05) is 0 Å². The van der Waals surface area contributed by atoms with Crippen molar-refractivity contribution in [1.82, 2.24) is 4.98 Å². The Labute approximate surface area is 114 Å². The number of aryl methyl sites for hydroxylation is 2. The fraction of sp³-hybridized carbons (Fsp3) is 0.308. The van der Waals surface area contributed by atoms with Crippen LogP contribution in [0.3, 0.4) is 0 Å². The van der Waals surface area contributed by atoms with E-state index in [9.17, 15) is 0 Å². The lowest BCUT2D eigenvalue weighted by molar-refractivity contribution is 0.895. The first kappa shape index (κ1) is 12.6. The molecule has 1 atom stereocenters. The molecule has 2 nitrogen and oxygen atoms in total. The van der Waals surface area contributed by atoms with Gasteiger partial charge in [-0.05, 0) is 60.3 Å². The first-order valence-corrected chi connectivity index (χ1v) is 7.19. The molecular formula is C13H15BrN2S. The Kier molecular flexibility index (Phi) is 3.84. The Hall–Kier alpha value is -0.870. The van der Waals surface area contributed by atoms with Crippen LogP contribution >= 0.6 is 27.3 Å². The van der Waals surface area contributed by atoms with Crippen LogP contribution in [0.15, 0.2) is 28.1 Å². The third-order valence-electron chi connectivity index (χ3n) is 2.64. The van der Waals surface area contributed by atoms with Gasteiger partial charge in [-0.25, -0.2) is 0 Å². The van der Waals surface area contributed by atoms with Gasteiger partial charge in [0.1, 0.15) is 0 Å². The quantitative estimate of drug-likeness (QED) is 0.889. The lowest BCUT2D eigenvalue weighted by Crippen LogP contribution is -2.07. The van der Waals surface area contributed by atoms with Gasteiger partial charge in [-0.15, -0.1) is 11.3 Å². The third kappa shape index (κ3) is 2.87. The molecule has 2 aromatic rings. The Balaban J connectivity index is 2.19. The number of thiophene rings is 1. The summed E-state index contributed by atoms with van der Waals surface area (Å²) in [7, 11) is 0. The van der Waals surface area contributed by atoms with E-state index in [-0.39, 0.29) is 6.04 Å². The molecule has 0 bridgehead atoms. The van der Waals surface area contributed by atoms with E-state index in [1.807, 2.05) is 19.9 Å². The Morgan fingerprint density at radius 1 is 1.29 bits per heavy atom. The standard InChI is InChI=1S/C13H15BrN2S/c1-8-4-5-12(9(2)15-8)16-10(3)13-11(14)6-7-17-13/h4-7,10,16H,1-3H3. The van der Waals surface area contributed by atoms with Crippen LogP contribution in [0.1, 0.15) is 29.2 Å². The number of hydrogen-bond donors (Lipinski definition) is 1. The molecule has 0 saturated carbocycles. The van der Waals surface area contributed by atoms with Gasteiger partial charge in [0.25, 0.3) is 0 Å². The molecule has 1 N–H and O–H groups in total. The SMILES string of the molecule is Cc1ccc(NC(C)c2sccc2Br)c(C)n1. The van der Waals surface area contributed by atoms with E-state index in [2.05, 4.69) is 50.7 Å². The molecule has 0 fully saturated rings. The summed E-state index contributed by atoms with van der Waals surface area (Å²) < 4.78 is 1.17. The number of aromatic nitrogens is 1. The largest absolute Gasteiger partial charge is 0.376 e. The highest BCUT2D eigenvalue weighted by atomic mass is 79.9. The van der Waals surface area contributed by atoms with Crippen molar-refractivity contribution in [3.63, 3.8) is 0 Å². The van der Waals surface area contributed by atoms with Gasteiger partial charge < -0.3 is 5.32 Å². The molecule has 2 heterocycles. The van der Waals surface area contributed by atoms with Crippen LogP contribution in [-0.4, -0.2) is 4.98 Å². The van der Waals surface area contributed by atoms with Gasteiger partial charge >= 0.3 is 0 Å². The molecule has 0 radical (unpaired) electrons. The lowest BCUT2D eigenvalue weighted by Gasteiger charge is -2.16. The van der Waals surface area contributed by atoms with Gasteiger partial charge in [-0.3, -0.25) is 4.98 Å². The highest BCUT2D eigenvalue weighted by Crippen LogP contribution is 2.31. The highest BCUT2D eigenvalue weighted by Gasteiger charge is 2.11. The van der Waals surface area contributed by atoms with E-state index in [1.54, 1.807) is 11.3 Å². The van der Waals surface area contributed by atoms with Crippen LogP contribution in [0.25, 0.3) is 0 Å². The Morgan fingerprint density at radius 3 is 2.65 bits per heavy atom. The fourth-order valence-electron chi connectivity index (χ4n) is 1.75. The zero-order chi connectivity index (χ0) is 12.4. The molecule has 0 aliphatic carbocycles. The van der Waals surface area contributed by atoms with E-state index in [1.165, 1.54) is 9.35 Å². The van der Waals surface area contributed by atoms with E-state index >= 15 is 0 Å². The summed E-state index contributed by atoms with van der Waals surface area (Å²) >= 11 is 5.32. The van der Waals surface area contributed by atoms with E-state index in [0.717, 1.165) is 17.1 Å². The number of anilines is 1. The average Bonchev–Trinajstić information content (AvgIpc) is 2.68. The molecule has 1 unspecified atom stereocenters. The molecule has 90 valence electrons. The Morgan fingerprint density at radius 2 is 2.06 bits per heavy atom. The summed E-state index contributed by atoms with van der Waals surface area (Å²) in [6.45, 7) is 6.21. The number of nitrogens with zero attached hydrogens (tertiary/aromatic N) is 1. The van der Waals surface area contributed by atoms with E-state index in [4.69, 9.17) is 0 Å². The first-order chi connectivity index (χ1) is 8.08. The van der Waals surface area contributed by atoms with Crippen LogP contribution < -0.4 is 5.32 Å². The second-order valence-corrected chi connectivity index (χ2v) is 5.89. The maximum Gasteiger partial charge on any atom is 0.0607 e. The minimum absolute atomic E-state index is 0.285. The summed E-state index contributed by atoms with van der Waals surface area (Å²) in [6, 6.07) is 6.49. The van der Waals surface area contributed by atoms with Crippen LogP contribution in [0.4, 0.5) is 5.69 Å². The summed E-state index contributed by atoms with van der Waals surface area (Å²) in [5.74, 6) is 0. The fourth-order valence-corrected chi connectivity index (χ4v) is 3.48. The third-order valence-corrected chi connectivity index (χ3v) is 4.69. The molecule has 0 saturated heterocycles. The summed E-state index contributed by atoms with van der Waals surface area (Å²) in [6.07, 6.45) is 0. The summed E-state index contributed by atoms with van der Waals surface area (Å²) in [4.78, 5) is 5.77. The maximum atomic E-state index is 4.46. The van der Waals surface area contributed by atoms with Crippen LogP contribution in [0.5, 0.6) is 0 Å². The molecule has 4 heteroatoms. The molecule has 0 aliphatic rings. The summed E-state index contributed by atoms with van der Waals surface area (Å²) in [5, 5.41) is 5.59. The van der Waals surface area contributed by atoms with Gasteiger partial charge in [0, 0.05) is 15.0 Å². The molecule has 0 amide bonds. The van der Waals surface area contributed by atoms with Crippen molar-refractivity contribution >= 4 is 33.0 Å². The molecule has 2 aromatic heterocycles. The zero-order valence-electron chi connectivity index (χ0n) is 10.1. The van der Waals surface area contributed by atoms with Crippen LogP contribution in [0.2, 0.25) is 0 Å². The molecule has 2 rings (SSSR count). The Bertz CT molecular complexity index is 522. The van der Waals surface area contributed by atoms with Crippen LogP contribution in [0, 0.1) is 13.8 Å². The van der Waals surface area contributed by atoms with Crippen molar-refractivity contribution in [1.29, 1.82) is 0 Å². The lowest BCUT2D eigenvalue weighted by atomic mass is 10.2. The van der Waals surface area contributed by atoms with Crippen LogP contribution in [-0.2, 0) is 0 Å². The zero-order valence-corrected chi connectivity index (χ0v) is 12.5. The van der Waals surface area contributed by atoms with Crippen molar-refractivity contribution in [3.05, 3.63) is 44.3 Å². The molecule has 17 heavy (non-hydrogen) atoms. The first-order valence-electron chi connectivity index (χ1n) is 5.51. The molecular weight excluding hydrogens is 296 g/mol. The second kappa shape index (κ2) is 5.19. The van der Waals surface area contributed by atoms with Crippen molar-refractivity contribution in [2.45, 2.75) is 26.8 Å². The second-order valence-electron chi connectivity index (χ2n) is 4.08. The molecule has 0 spiro atoms. The van der Waals surface area contributed by atoms with Gasteiger partial charge in [0.15, 0.2) is 0 Å². The predicted octanol–water partition coefficient (Wildman–Crippen LogP) is 4.70. The number of halogens is 1. The normalized spacial score (nSPS) is 12.5. The minimum Gasteiger partial charge on any atom is -0.376 e. The van der Waals surface area contributed by atoms with Gasteiger partial charge in [0.05, 0.1) is 17.4 Å². The molecule has 0 aliphatic heterocycles. The number of nitrogens with one attached hydrogen (secondary N) is 1. The summed E-state index contributed by atoms with van der Waals surface area (Å²) in [5.41, 5.74) is 3.20. The number of pyridine rings is 1. The topological polar surface area (TPSA) is 24.9 Å². The highest BCUT2D eigenvalue weighted by molar-refractivity contribution is 9.10. The maximum absolute atomic E-state index is 4.46. The van der Waals surface area contributed by atoms with Gasteiger partial charge in [0.2, 0.25) is 0 Å². The van der Waals surface area contributed by atoms with Crippen molar-refractivity contribution < 1.29 is 0 Å². The number of hydrogen-bond acceptors (Lipinski definition) is 3. The average molecular weight is 311 g/mol. The smallest absolute Gasteiger partial charge is 0.0607 e. The number of rotatable bonds is 3. The van der Waals surface area contributed by atoms with Crippen molar-refractivity contribution in [2.75, 3.05) is 5.32 Å².